The third-order valence-electron chi connectivity index (χ3n) is 4.04. The Labute approximate surface area is 126 Å². The number of hydrogen-bond acceptors (Lipinski definition) is 3. The van der Waals surface area contributed by atoms with Crippen LogP contribution < -0.4 is 5.32 Å². The molecule has 0 saturated heterocycles. The Bertz CT molecular complexity index is 492. The van der Waals surface area contributed by atoms with Gasteiger partial charge in [-0.05, 0) is 44.4 Å². The summed E-state index contributed by atoms with van der Waals surface area (Å²) in [5.74, 6) is 0.0134. The second kappa shape index (κ2) is 6.60. The van der Waals surface area contributed by atoms with Gasteiger partial charge in [0, 0.05) is 12.2 Å². The van der Waals surface area contributed by atoms with Gasteiger partial charge in [0.05, 0.1) is 18.1 Å². The molecule has 2 N–H and O–H groups in total. The van der Waals surface area contributed by atoms with Gasteiger partial charge in [0.25, 0.3) is 0 Å². The van der Waals surface area contributed by atoms with Crippen molar-refractivity contribution in [2.45, 2.75) is 65.5 Å². The van der Waals surface area contributed by atoms with Crippen molar-refractivity contribution in [2.75, 3.05) is 6.54 Å². The minimum atomic E-state index is -0.349. The van der Waals surface area contributed by atoms with E-state index < -0.39 is 0 Å². The molecule has 1 amide bonds. The van der Waals surface area contributed by atoms with Crippen molar-refractivity contribution in [3.05, 3.63) is 17.7 Å². The molecule has 1 heterocycles. The second-order valence-electron chi connectivity index (χ2n) is 6.97. The summed E-state index contributed by atoms with van der Waals surface area (Å²) < 4.78 is 1.98. The molecule has 1 aromatic rings. The summed E-state index contributed by atoms with van der Waals surface area (Å²) in [5.41, 5.74) is 2.28. The van der Waals surface area contributed by atoms with E-state index >= 15 is 0 Å². The van der Waals surface area contributed by atoms with Gasteiger partial charge in [0.1, 0.15) is 6.54 Å². The summed E-state index contributed by atoms with van der Waals surface area (Å²) in [6.07, 6.45) is 6.55. The third kappa shape index (κ3) is 4.56. The molecule has 0 aliphatic heterocycles. The number of rotatable bonds is 6. The fourth-order valence-corrected chi connectivity index (χ4v) is 3.09. The maximum atomic E-state index is 12.1. The van der Waals surface area contributed by atoms with E-state index in [1.54, 1.807) is 13.3 Å². The zero-order chi connectivity index (χ0) is 15.5. The predicted molar refractivity (Wildman–Crippen MR) is 82.0 cm³/mol. The van der Waals surface area contributed by atoms with Crippen LogP contribution in [0.4, 0.5) is 0 Å². The maximum Gasteiger partial charge on any atom is 0.240 e. The van der Waals surface area contributed by atoms with Crippen molar-refractivity contribution >= 4 is 5.91 Å². The largest absolute Gasteiger partial charge is 0.393 e. The van der Waals surface area contributed by atoms with E-state index in [4.69, 9.17) is 0 Å². The van der Waals surface area contributed by atoms with Gasteiger partial charge >= 0.3 is 0 Å². The lowest BCUT2D eigenvalue weighted by molar-refractivity contribution is -0.122. The molecule has 0 bridgehead atoms. The van der Waals surface area contributed by atoms with Crippen LogP contribution >= 0.6 is 0 Å². The average Bonchev–Trinajstić information content (AvgIpc) is 2.79. The molecule has 0 spiro atoms. The molecule has 1 aromatic heterocycles. The lowest BCUT2D eigenvalue weighted by Gasteiger charge is -2.26. The molecule has 2 rings (SSSR count). The van der Waals surface area contributed by atoms with Gasteiger partial charge in [-0.3, -0.25) is 4.79 Å². The standard InChI is InChI=1S/C16H27N3O2/c1-12(20)8-16(2,3)10-17-15(21)9-19-11-18-13-6-4-5-7-14(13)19/h11-12,20H,4-10H2,1-3H3,(H,17,21). The molecular weight excluding hydrogens is 266 g/mol. The Hall–Kier alpha value is -1.36. The smallest absolute Gasteiger partial charge is 0.240 e. The highest BCUT2D eigenvalue weighted by atomic mass is 16.3. The zero-order valence-electron chi connectivity index (χ0n) is 13.4. The molecule has 0 fully saturated rings. The number of imidazole rings is 1. The minimum absolute atomic E-state index is 0.0134. The number of hydrogen-bond donors (Lipinski definition) is 2. The summed E-state index contributed by atoms with van der Waals surface area (Å²) in [5, 5.41) is 12.4. The number of aliphatic hydroxyl groups excluding tert-OH is 1. The summed E-state index contributed by atoms with van der Waals surface area (Å²) in [6, 6.07) is 0. The lowest BCUT2D eigenvalue weighted by Crippen LogP contribution is -2.37. The minimum Gasteiger partial charge on any atom is -0.393 e. The number of nitrogens with one attached hydrogen (secondary N) is 1. The van der Waals surface area contributed by atoms with Gasteiger partial charge in [-0.25, -0.2) is 4.98 Å². The topological polar surface area (TPSA) is 67.2 Å². The van der Waals surface area contributed by atoms with Crippen molar-refractivity contribution in [1.29, 1.82) is 0 Å². The van der Waals surface area contributed by atoms with Crippen LogP contribution in [0.25, 0.3) is 0 Å². The van der Waals surface area contributed by atoms with Crippen molar-refractivity contribution in [3.63, 3.8) is 0 Å². The Morgan fingerprint density at radius 1 is 1.48 bits per heavy atom. The van der Waals surface area contributed by atoms with Gasteiger partial charge < -0.3 is 15.0 Å². The highest BCUT2D eigenvalue weighted by Crippen LogP contribution is 2.21. The van der Waals surface area contributed by atoms with Gasteiger partial charge in [-0.15, -0.1) is 0 Å². The summed E-state index contributed by atoms with van der Waals surface area (Å²) >= 11 is 0. The molecule has 21 heavy (non-hydrogen) atoms. The van der Waals surface area contributed by atoms with E-state index in [1.165, 1.54) is 18.5 Å². The molecule has 0 radical (unpaired) electrons. The molecule has 1 atom stereocenters. The molecule has 1 aliphatic rings. The lowest BCUT2D eigenvalue weighted by atomic mass is 9.87. The van der Waals surface area contributed by atoms with E-state index in [2.05, 4.69) is 24.1 Å². The normalized spacial score (nSPS) is 16.4. The van der Waals surface area contributed by atoms with Crippen LogP contribution in [-0.4, -0.2) is 33.2 Å². The molecule has 0 aromatic carbocycles. The van der Waals surface area contributed by atoms with Crippen molar-refractivity contribution < 1.29 is 9.90 Å². The number of aliphatic hydroxyl groups is 1. The number of carbonyl (C=O) groups is 1. The van der Waals surface area contributed by atoms with E-state index in [1.807, 2.05) is 4.57 Å². The SMILES string of the molecule is CC(O)CC(C)(C)CNC(=O)Cn1cnc2c1CCCC2. The van der Waals surface area contributed by atoms with Crippen LogP contribution in [0.2, 0.25) is 0 Å². The first-order chi connectivity index (χ1) is 9.87. The highest BCUT2D eigenvalue weighted by molar-refractivity contribution is 5.75. The maximum absolute atomic E-state index is 12.1. The molecule has 5 heteroatoms. The number of fused-ring (bicyclic) bond motifs is 1. The fourth-order valence-electron chi connectivity index (χ4n) is 3.09. The van der Waals surface area contributed by atoms with Crippen molar-refractivity contribution in [1.82, 2.24) is 14.9 Å². The van der Waals surface area contributed by atoms with Crippen LogP contribution in [0, 0.1) is 5.41 Å². The Balaban J connectivity index is 1.86. The first kappa shape index (κ1) is 16.0. The summed E-state index contributed by atoms with van der Waals surface area (Å²) in [7, 11) is 0. The number of aryl methyl sites for hydroxylation is 1. The third-order valence-corrected chi connectivity index (χ3v) is 4.04. The molecule has 118 valence electrons. The Morgan fingerprint density at radius 3 is 2.90 bits per heavy atom. The summed E-state index contributed by atoms with van der Waals surface area (Å²) in [6.45, 7) is 6.81. The molecule has 0 saturated carbocycles. The monoisotopic (exact) mass is 293 g/mol. The number of aromatic nitrogens is 2. The Kier molecular flexibility index (Phi) is 5.04. The number of amides is 1. The van der Waals surface area contributed by atoms with Crippen molar-refractivity contribution in [3.8, 4) is 0 Å². The first-order valence-electron chi connectivity index (χ1n) is 7.85. The highest BCUT2D eigenvalue weighted by Gasteiger charge is 2.22. The van der Waals surface area contributed by atoms with Crippen LogP contribution in [0.15, 0.2) is 6.33 Å². The van der Waals surface area contributed by atoms with Gasteiger partial charge in [-0.1, -0.05) is 13.8 Å². The van der Waals surface area contributed by atoms with Crippen molar-refractivity contribution in [2.24, 2.45) is 5.41 Å². The zero-order valence-corrected chi connectivity index (χ0v) is 13.4. The van der Waals surface area contributed by atoms with E-state index in [-0.39, 0.29) is 17.4 Å². The number of carbonyl (C=O) groups excluding carboxylic acids is 1. The quantitative estimate of drug-likeness (QED) is 0.838. The van der Waals surface area contributed by atoms with Crippen LogP contribution in [0.5, 0.6) is 0 Å². The van der Waals surface area contributed by atoms with Gasteiger partial charge in [0.2, 0.25) is 5.91 Å². The van der Waals surface area contributed by atoms with Crippen LogP contribution in [-0.2, 0) is 24.2 Å². The summed E-state index contributed by atoms with van der Waals surface area (Å²) in [4.78, 5) is 16.5. The molecule has 1 aliphatic carbocycles. The van der Waals surface area contributed by atoms with Gasteiger partial charge in [-0.2, -0.15) is 0 Å². The second-order valence-corrected chi connectivity index (χ2v) is 6.97. The van der Waals surface area contributed by atoms with Crippen LogP contribution in [0.1, 0.15) is 51.4 Å². The van der Waals surface area contributed by atoms with Gasteiger partial charge in [0.15, 0.2) is 0 Å². The van der Waals surface area contributed by atoms with E-state index in [0.717, 1.165) is 18.5 Å². The van der Waals surface area contributed by atoms with Crippen LogP contribution in [0.3, 0.4) is 0 Å². The molecule has 1 unspecified atom stereocenters. The number of nitrogens with zero attached hydrogens (tertiary/aromatic N) is 2. The van der Waals surface area contributed by atoms with E-state index in [9.17, 15) is 9.90 Å². The first-order valence-corrected chi connectivity index (χ1v) is 7.85. The average molecular weight is 293 g/mol. The fraction of sp³-hybridized carbons (Fsp3) is 0.750. The molecular formula is C16H27N3O2. The molecule has 5 nitrogen and oxygen atoms in total. The Morgan fingerprint density at radius 2 is 2.19 bits per heavy atom. The predicted octanol–water partition coefficient (Wildman–Crippen LogP) is 1.68. The van der Waals surface area contributed by atoms with E-state index in [0.29, 0.717) is 19.5 Å².